The minimum absolute atomic E-state index is 0.0288. The topological polar surface area (TPSA) is 120 Å². The molecule has 0 aromatic carbocycles. The van der Waals surface area contributed by atoms with Crippen LogP contribution in [0, 0.1) is 16.0 Å². The van der Waals surface area contributed by atoms with Gasteiger partial charge in [-0.25, -0.2) is 0 Å². The molecule has 2 rings (SSSR count). The number of β-amino-alcohol motifs (C(OH)–C–C–N with tert-alkyl or cyclic N) is 1. The van der Waals surface area contributed by atoms with Crippen LogP contribution < -0.4 is 10.6 Å². The average molecular weight is 254 g/mol. The highest BCUT2D eigenvalue weighted by Crippen LogP contribution is 2.12. The lowest BCUT2D eigenvalue weighted by Crippen LogP contribution is -2.34. The third kappa shape index (κ3) is 2.66. The third-order valence-electron chi connectivity index (χ3n) is 2.95. The summed E-state index contributed by atoms with van der Waals surface area (Å²) in [6.45, 7) is 1.50. The van der Waals surface area contributed by atoms with Crippen molar-refractivity contribution in [3.05, 3.63) is 28.1 Å². The minimum atomic E-state index is -0.572. The van der Waals surface area contributed by atoms with E-state index in [2.05, 4.69) is 15.6 Å². The van der Waals surface area contributed by atoms with E-state index in [0.29, 0.717) is 19.6 Å². The minimum Gasteiger partial charge on any atom is -0.391 e. The maximum Gasteiger partial charge on any atom is 0.287 e. The predicted molar refractivity (Wildman–Crippen MR) is 62.1 cm³/mol. The van der Waals surface area contributed by atoms with Crippen LogP contribution in [0.1, 0.15) is 10.5 Å². The Bertz CT molecular complexity index is 458. The van der Waals surface area contributed by atoms with Crippen molar-refractivity contribution in [1.82, 2.24) is 15.6 Å². The summed E-state index contributed by atoms with van der Waals surface area (Å²) in [5, 5.41) is 25.6. The average Bonchev–Trinajstić information content (AvgIpc) is 2.94. The lowest BCUT2D eigenvalue weighted by molar-refractivity contribution is -0.384. The van der Waals surface area contributed by atoms with E-state index < -0.39 is 16.9 Å². The molecule has 8 heteroatoms. The first-order valence-corrected chi connectivity index (χ1v) is 5.57. The van der Waals surface area contributed by atoms with Gasteiger partial charge in [0.1, 0.15) is 5.69 Å². The SMILES string of the molecule is O=C(NCC1CNCC1O)c1cc([N+](=O)[O-])c[nH]1. The van der Waals surface area contributed by atoms with Crippen molar-refractivity contribution in [3.63, 3.8) is 0 Å². The first kappa shape index (κ1) is 12.5. The molecule has 1 aliphatic heterocycles. The molecule has 1 saturated heterocycles. The van der Waals surface area contributed by atoms with Crippen LogP contribution in [0.5, 0.6) is 0 Å². The van der Waals surface area contributed by atoms with Gasteiger partial charge in [-0.15, -0.1) is 0 Å². The highest BCUT2D eigenvalue weighted by Gasteiger charge is 2.25. The van der Waals surface area contributed by atoms with Crippen LogP contribution in [0.25, 0.3) is 0 Å². The smallest absolute Gasteiger partial charge is 0.287 e. The largest absolute Gasteiger partial charge is 0.391 e. The number of amides is 1. The van der Waals surface area contributed by atoms with Crippen molar-refractivity contribution in [2.45, 2.75) is 6.10 Å². The van der Waals surface area contributed by atoms with Crippen LogP contribution >= 0.6 is 0 Å². The molecule has 0 spiro atoms. The second-order valence-electron chi connectivity index (χ2n) is 4.22. The van der Waals surface area contributed by atoms with Crippen LogP contribution in [-0.2, 0) is 0 Å². The van der Waals surface area contributed by atoms with Crippen molar-refractivity contribution in [1.29, 1.82) is 0 Å². The normalized spacial score (nSPS) is 22.9. The molecule has 0 saturated carbocycles. The number of nitro groups is 1. The maximum atomic E-state index is 11.7. The number of carbonyl (C=O) groups is 1. The lowest BCUT2D eigenvalue weighted by atomic mass is 10.1. The molecule has 8 nitrogen and oxygen atoms in total. The van der Waals surface area contributed by atoms with Gasteiger partial charge in [0.05, 0.1) is 17.2 Å². The van der Waals surface area contributed by atoms with Crippen LogP contribution in [0.3, 0.4) is 0 Å². The first-order chi connectivity index (χ1) is 8.58. The zero-order valence-electron chi connectivity index (χ0n) is 9.55. The highest BCUT2D eigenvalue weighted by atomic mass is 16.6. The third-order valence-corrected chi connectivity index (χ3v) is 2.95. The van der Waals surface area contributed by atoms with Gasteiger partial charge in [-0.3, -0.25) is 14.9 Å². The number of H-pyrrole nitrogens is 1. The molecule has 0 aliphatic carbocycles. The van der Waals surface area contributed by atoms with Gasteiger partial charge in [-0.1, -0.05) is 0 Å². The molecule has 0 bridgehead atoms. The zero-order valence-corrected chi connectivity index (χ0v) is 9.55. The number of hydrogen-bond acceptors (Lipinski definition) is 5. The van der Waals surface area contributed by atoms with Gasteiger partial charge < -0.3 is 20.7 Å². The van der Waals surface area contributed by atoms with E-state index in [1.165, 1.54) is 12.3 Å². The second-order valence-corrected chi connectivity index (χ2v) is 4.22. The van der Waals surface area contributed by atoms with Crippen LogP contribution in [0.15, 0.2) is 12.3 Å². The Kier molecular flexibility index (Phi) is 3.58. The van der Waals surface area contributed by atoms with E-state index in [1.807, 2.05) is 0 Å². The van der Waals surface area contributed by atoms with E-state index in [0.717, 1.165) is 0 Å². The fourth-order valence-electron chi connectivity index (χ4n) is 1.87. The summed E-state index contributed by atoms with van der Waals surface area (Å²) in [7, 11) is 0. The highest BCUT2D eigenvalue weighted by molar-refractivity contribution is 5.93. The Morgan fingerprint density at radius 2 is 2.39 bits per heavy atom. The van der Waals surface area contributed by atoms with E-state index >= 15 is 0 Å². The standard InChI is InChI=1S/C10H14N4O4/c15-9-5-11-2-6(9)3-13-10(16)8-1-7(4-12-8)14(17)18/h1,4,6,9,11-12,15H,2-3,5H2,(H,13,16). The quantitative estimate of drug-likeness (QED) is 0.415. The molecule has 4 N–H and O–H groups in total. The summed E-state index contributed by atoms with van der Waals surface area (Å²) in [5.41, 5.74) is -0.00939. The van der Waals surface area contributed by atoms with Crippen LogP contribution in [0.2, 0.25) is 0 Å². The van der Waals surface area contributed by atoms with Crippen molar-refractivity contribution >= 4 is 11.6 Å². The van der Waals surface area contributed by atoms with Gasteiger partial charge in [0.15, 0.2) is 0 Å². The Balaban J connectivity index is 1.89. The van der Waals surface area contributed by atoms with Gasteiger partial charge in [0.2, 0.25) is 0 Å². The van der Waals surface area contributed by atoms with Crippen molar-refractivity contribution in [3.8, 4) is 0 Å². The Morgan fingerprint density at radius 3 is 2.94 bits per heavy atom. The summed E-state index contributed by atoms with van der Waals surface area (Å²) in [6.07, 6.45) is 0.698. The fourth-order valence-corrected chi connectivity index (χ4v) is 1.87. The van der Waals surface area contributed by atoms with Crippen LogP contribution in [0.4, 0.5) is 5.69 Å². The molecular weight excluding hydrogens is 240 g/mol. The lowest BCUT2D eigenvalue weighted by Gasteiger charge is -2.13. The molecule has 2 unspecified atom stereocenters. The zero-order chi connectivity index (χ0) is 13.1. The second kappa shape index (κ2) is 5.15. The monoisotopic (exact) mass is 254 g/mol. The van der Waals surface area contributed by atoms with Crippen molar-refractivity contribution in [2.75, 3.05) is 19.6 Å². The van der Waals surface area contributed by atoms with Gasteiger partial charge in [-0.2, -0.15) is 0 Å². The van der Waals surface area contributed by atoms with Gasteiger partial charge in [0, 0.05) is 31.6 Å². The number of hydrogen-bond donors (Lipinski definition) is 4. The van der Waals surface area contributed by atoms with Crippen LogP contribution in [-0.4, -0.2) is 46.7 Å². The molecule has 1 aromatic rings. The van der Waals surface area contributed by atoms with Crippen molar-refractivity contribution in [2.24, 2.45) is 5.92 Å². The summed E-state index contributed by atoms with van der Waals surface area (Å²) in [5.74, 6) is -0.443. The number of nitrogens with one attached hydrogen (secondary N) is 3. The molecule has 1 aromatic heterocycles. The molecule has 2 atom stereocenters. The number of aromatic amines is 1. The summed E-state index contributed by atoms with van der Waals surface area (Å²) in [6, 6.07) is 1.18. The summed E-state index contributed by atoms with van der Waals surface area (Å²) in [4.78, 5) is 24.1. The number of aliphatic hydroxyl groups is 1. The maximum absolute atomic E-state index is 11.7. The van der Waals surface area contributed by atoms with Crippen molar-refractivity contribution < 1.29 is 14.8 Å². The van der Waals surface area contributed by atoms with Gasteiger partial charge in [-0.05, 0) is 0 Å². The molecule has 0 radical (unpaired) electrons. The molecule has 1 amide bonds. The number of rotatable bonds is 4. The van der Waals surface area contributed by atoms with Gasteiger partial charge in [0.25, 0.3) is 11.6 Å². The van der Waals surface area contributed by atoms with E-state index in [-0.39, 0.29) is 17.3 Å². The molecule has 1 aliphatic rings. The summed E-state index contributed by atoms with van der Waals surface area (Å²) < 4.78 is 0. The molecule has 2 heterocycles. The Labute approximate surface area is 103 Å². The van der Waals surface area contributed by atoms with E-state index in [1.54, 1.807) is 0 Å². The fraction of sp³-hybridized carbons (Fsp3) is 0.500. The predicted octanol–water partition coefficient (Wildman–Crippen LogP) is -0.767. The molecule has 1 fully saturated rings. The van der Waals surface area contributed by atoms with Gasteiger partial charge >= 0.3 is 0 Å². The summed E-state index contributed by atoms with van der Waals surface area (Å²) >= 11 is 0. The number of aliphatic hydroxyl groups excluding tert-OH is 1. The Morgan fingerprint density at radius 1 is 1.61 bits per heavy atom. The number of aromatic nitrogens is 1. The number of nitrogens with zero attached hydrogens (tertiary/aromatic N) is 1. The molecule has 18 heavy (non-hydrogen) atoms. The molecular formula is C10H14N4O4. The molecule has 98 valence electrons. The van der Waals surface area contributed by atoms with E-state index in [4.69, 9.17) is 0 Å². The Hall–Kier alpha value is -1.93. The van der Waals surface area contributed by atoms with E-state index in [9.17, 15) is 20.0 Å². The number of carbonyl (C=O) groups excluding carboxylic acids is 1. The first-order valence-electron chi connectivity index (χ1n) is 5.57.